The number of aromatic hydroxyl groups is 1. The Labute approximate surface area is 104 Å². The predicted octanol–water partition coefficient (Wildman–Crippen LogP) is 0.522. The van der Waals surface area contributed by atoms with E-state index < -0.39 is 12.0 Å². The smallest absolute Gasteiger partial charge is 0.333 e. The molecule has 1 aromatic carbocycles. The number of hydrogen-bond acceptors (Lipinski definition) is 3. The van der Waals surface area contributed by atoms with Gasteiger partial charge in [-0.2, -0.15) is 0 Å². The Morgan fingerprint density at radius 1 is 1.41 bits per heavy atom. The number of halogens is 1. The van der Waals surface area contributed by atoms with Crippen molar-refractivity contribution in [2.45, 2.75) is 13.0 Å². The molecule has 0 saturated carbocycles. The lowest BCUT2D eigenvalue weighted by Crippen LogP contribution is -2.25. The molecule has 1 aromatic rings. The Balaban J connectivity index is 0.00000256. The lowest BCUT2D eigenvalue weighted by molar-refractivity contribution is -0.138. The van der Waals surface area contributed by atoms with E-state index in [1.165, 1.54) is 18.2 Å². The van der Waals surface area contributed by atoms with Crippen LogP contribution in [-0.2, 0) is 4.79 Å². The molecular weight excluding hydrogens is 246 g/mol. The van der Waals surface area contributed by atoms with Gasteiger partial charge in [0.05, 0.1) is 0 Å². The molecule has 1 rings (SSSR count). The molecule has 7 heteroatoms. The number of hydrogen-bond donors (Lipinski definition) is 4. The van der Waals surface area contributed by atoms with Gasteiger partial charge in [-0.25, -0.2) is 9.79 Å². The zero-order valence-corrected chi connectivity index (χ0v) is 9.94. The average molecular weight is 260 g/mol. The maximum Gasteiger partial charge on any atom is 0.333 e. The van der Waals surface area contributed by atoms with Crippen LogP contribution in [-0.4, -0.2) is 22.1 Å². The van der Waals surface area contributed by atoms with Gasteiger partial charge in [0, 0.05) is 0 Å². The molecular formula is C10H14ClN3O3. The van der Waals surface area contributed by atoms with Gasteiger partial charge in [-0.1, -0.05) is 6.07 Å². The van der Waals surface area contributed by atoms with Crippen LogP contribution in [0.3, 0.4) is 0 Å². The van der Waals surface area contributed by atoms with Crippen molar-refractivity contribution in [1.82, 2.24) is 0 Å². The fourth-order valence-electron chi connectivity index (χ4n) is 1.37. The summed E-state index contributed by atoms with van der Waals surface area (Å²) in [7, 11) is 0. The lowest BCUT2D eigenvalue weighted by Gasteiger charge is -2.11. The summed E-state index contributed by atoms with van der Waals surface area (Å²) in [6.45, 7) is 1.67. The number of carboxylic acids is 1. The van der Waals surface area contributed by atoms with Gasteiger partial charge < -0.3 is 21.7 Å². The van der Waals surface area contributed by atoms with Gasteiger partial charge in [0.25, 0.3) is 0 Å². The van der Waals surface area contributed by atoms with E-state index in [-0.39, 0.29) is 24.1 Å². The van der Waals surface area contributed by atoms with Gasteiger partial charge in [0.1, 0.15) is 5.75 Å². The number of nitrogens with zero attached hydrogens (tertiary/aromatic N) is 1. The van der Waals surface area contributed by atoms with E-state index >= 15 is 0 Å². The van der Waals surface area contributed by atoms with E-state index in [0.717, 1.165) is 0 Å². The van der Waals surface area contributed by atoms with Gasteiger partial charge in [-0.3, -0.25) is 0 Å². The van der Waals surface area contributed by atoms with E-state index in [1.54, 1.807) is 6.92 Å². The van der Waals surface area contributed by atoms with Crippen molar-refractivity contribution in [3.8, 4) is 5.75 Å². The Morgan fingerprint density at radius 3 is 2.41 bits per heavy atom. The summed E-state index contributed by atoms with van der Waals surface area (Å²) in [5.41, 5.74) is 11.4. The molecule has 0 saturated heterocycles. The highest BCUT2D eigenvalue weighted by atomic mass is 35.5. The molecule has 94 valence electrons. The zero-order valence-electron chi connectivity index (χ0n) is 9.12. The zero-order chi connectivity index (χ0) is 12.3. The molecule has 6 N–H and O–H groups in total. The molecule has 0 aromatic heterocycles. The minimum atomic E-state index is -1.15. The van der Waals surface area contributed by atoms with E-state index in [0.29, 0.717) is 11.1 Å². The third-order valence-electron chi connectivity index (χ3n) is 2.06. The molecule has 0 aliphatic carbocycles. The van der Waals surface area contributed by atoms with E-state index in [4.69, 9.17) is 16.6 Å². The van der Waals surface area contributed by atoms with Crippen LogP contribution in [0.2, 0.25) is 0 Å². The SMILES string of the molecule is Cc1cc(O)ccc1C(N=C(N)N)C(=O)O.Cl. The first-order valence-corrected chi connectivity index (χ1v) is 4.53. The first kappa shape index (κ1) is 15.0. The van der Waals surface area contributed by atoms with Crippen molar-refractivity contribution < 1.29 is 15.0 Å². The molecule has 1 atom stereocenters. The normalized spacial score (nSPS) is 11.1. The van der Waals surface area contributed by atoms with Crippen LogP contribution in [0.15, 0.2) is 23.2 Å². The van der Waals surface area contributed by atoms with Crippen LogP contribution in [0.1, 0.15) is 17.2 Å². The number of aliphatic carboxylic acids is 1. The molecule has 0 spiro atoms. The minimum absolute atomic E-state index is 0. The molecule has 0 bridgehead atoms. The second kappa shape index (κ2) is 5.95. The molecule has 6 nitrogen and oxygen atoms in total. The number of nitrogens with two attached hydrogens (primary N) is 2. The monoisotopic (exact) mass is 259 g/mol. The third-order valence-corrected chi connectivity index (χ3v) is 2.06. The second-order valence-corrected chi connectivity index (χ2v) is 3.34. The van der Waals surface area contributed by atoms with Crippen LogP contribution in [0.4, 0.5) is 0 Å². The van der Waals surface area contributed by atoms with E-state index in [1.807, 2.05) is 0 Å². The van der Waals surface area contributed by atoms with Crippen molar-refractivity contribution in [3.63, 3.8) is 0 Å². The molecule has 0 aliphatic heterocycles. The van der Waals surface area contributed by atoms with Gasteiger partial charge in [0.2, 0.25) is 0 Å². The fraction of sp³-hybridized carbons (Fsp3) is 0.200. The highest BCUT2D eigenvalue weighted by Gasteiger charge is 2.20. The van der Waals surface area contributed by atoms with Crippen LogP contribution >= 0.6 is 12.4 Å². The van der Waals surface area contributed by atoms with Crippen LogP contribution in [0.5, 0.6) is 5.75 Å². The summed E-state index contributed by atoms with van der Waals surface area (Å²) in [4.78, 5) is 14.6. The Morgan fingerprint density at radius 2 is 2.00 bits per heavy atom. The van der Waals surface area contributed by atoms with Crippen molar-refractivity contribution in [2.24, 2.45) is 16.5 Å². The highest BCUT2D eigenvalue weighted by molar-refractivity contribution is 5.85. The molecule has 0 amide bonds. The number of carboxylic acid groups (broad SMARTS) is 1. The quantitative estimate of drug-likeness (QED) is 0.466. The standard InChI is InChI=1S/C10H13N3O3.ClH/c1-5-4-6(14)2-3-7(5)8(9(15)16)13-10(11)12;/h2-4,8,14H,1H3,(H,15,16)(H4,11,12,13);1H. The number of carbonyl (C=O) groups is 1. The topological polar surface area (TPSA) is 122 Å². The first-order chi connectivity index (χ1) is 7.41. The van der Waals surface area contributed by atoms with Gasteiger partial charge in [0.15, 0.2) is 12.0 Å². The number of phenols is 1. The second-order valence-electron chi connectivity index (χ2n) is 3.34. The Hall–Kier alpha value is -1.95. The number of rotatable bonds is 3. The molecule has 0 radical (unpaired) electrons. The summed E-state index contributed by atoms with van der Waals surface area (Å²) < 4.78 is 0. The van der Waals surface area contributed by atoms with Crippen LogP contribution in [0.25, 0.3) is 0 Å². The van der Waals surface area contributed by atoms with Gasteiger partial charge in [-0.05, 0) is 30.2 Å². The number of benzene rings is 1. The number of guanidine groups is 1. The molecule has 1 unspecified atom stereocenters. The van der Waals surface area contributed by atoms with Crippen molar-refractivity contribution in [1.29, 1.82) is 0 Å². The molecule has 17 heavy (non-hydrogen) atoms. The van der Waals surface area contributed by atoms with Gasteiger partial charge >= 0.3 is 5.97 Å². The van der Waals surface area contributed by atoms with Crippen molar-refractivity contribution in [2.75, 3.05) is 0 Å². The largest absolute Gasteiger partial charge is 0.508 e. The average Bonchev–Trinajstić information content (AvgIpc) is 2.14. The fourth-order valence-corrected chi connectivity index (χ4v) is 1.37. The molecule has 0 heterocycles. The summed E-state index contributed by atoms with van der Waals surface area (Å²) in [5, 5.41) is 18.2. The number of aryl methyl sites for hydroxylation is 1. The van der Waals surface area contributed by atoms with E-state index in [9.17, 15) is 9.90 Å². The summed E-state index contributed by atoms with van der Waals surface area (Å²) in [5.74, 6) is -1.38. The number of phenolic OH excluding ortho intramolecular Hbond substituents is 1. The minimum Gasteiger partial charge on any atom is -0.508 e. The van der Waals surface area contributed by atoms with Crippen molar-refractivity contribution >= 4 is 24.3 Å². The van der Waals surface area contributed by atoms with Gasteiger partial charge in [-0.15, -0.1) is 12.4 Å². The predicted molar refractivity (Wildman–Crippen MR) is 66.3 cm³/mol. The van der Waals surface area contributed by atoms with Crippen molar-refractivity contribution in [3.05, 3.63) is 29.3 Å². The maximum absolute atomic E-state index is 11.0. The summed E-state index contributed by atoms with van der Waals surface area (Å²) >= 11 is 0. The van der Waals surface area contributed by atoms with Crippen LogP contribution < -0.4 is 11.5 Å². The number of aliphatic imine (C=N–C) groups is 1. The molecule has 0 aliphatic rings. The Bertz CT molecular complexity index is 444. The summed E-state index contributed by atoms with van der Waals surface area (Å²) in [6, 6.07) is 3.18. The summed E-state index contributed by atoms with van der Waals surface area (Å²) in [6.07, 6.45) is 0. The Kier molecular flexibility index (Phi) is 5.27. The van der Waals surface area contributed by atoms with Crippen LogP contribution in [0, 0.1) is 6.92 Å². The first-order valence-electron chi connectivity index (χ1n) is 4.53. The van der Waals surface area contributed by atoms with E-state index in [2.05, 4.69) is 4.99 Å². The third kappa shape index (κ3) is 3.84. The highest BCUT2D eigenvalue weighted by Crippen LogP contribution is 2.24. The lowest BCUT2D eigenvalue weighted by atomic mass is 10.0. The molecule has 0 fully saturated rings. The maximum atomic E-state index is 11.0.